The Bertz CT molecular complexity index is 1280. The molecule has 166 valence electrons. The molecule has 34 heavy (non-hydrogen) atoms. The fourth-order valence-corrected chi connectivity index (χ4v) is 3.87. The van der Waals surface area contributed by atoms with E-state index in [9.17, 15) is 9.59 Å². The summed E-state index contributed by atoms with van der Waals surface area (Å²) in [5.74, 6) is -0.412. The fraction of sp³-hybridized carbons (Fsp3) is 0.0345. The number of para-hydroxylation sites is 2. The standard InChI is InChI=1S/C29H22N2O3/c32-28-27(34-29(33)30(28)21-23-10-4-1-5-11-23)20-22-16-18-26(19-17-22)31(24-12-6-2-7-13-24)25-14-8-3-9-15-25/h1-20H,21H2/b27-20+. The summed E-state index contributed by atoms with van der Waals surface area (Å²) in [6.07, 6.45) is 0.945. The summed E-state index contributed by atoms with van der Waals surface area (Å²) in [6, 6.07) is 37.4. The number of hydrogen-bond acceptors (Lipinski definition) is 4. The van der Waals surface area contributed by atoms with Gasteiger partial charge in [-0.2, -0.15) is 0 Å². The van der Waals surface area contributed by atoms with Gasteiger partial charge in [-0.25, -0.2) is 9.69 Å². The van der Waals surface area contributed by atoms with Gasteiger partial charge in [0.05, 0.1) is 6.54 Å². The summed E-state index contributed by atoms with van der Waals surface area (Å²) >= 11 is 0. The van der Waals surface area contributed by atoms with Gasteiger partial charge in [-0.3, -0.25) is 4.79 Å². The lowest BCUT2D eigenvalue weighted by Gasteiger charge is -2.25. The van der Waals surface area contributed by atoms with E-state index in [4.69, 9.17) is 4.74 Å². The molecule has 4 aromatic carbocycles. The zero-order valence-corrected chi connectivity index (χ0v) is 18.4. The zero-order chi connectivity index (χ0) is 23.3. The van der Waals surface area contributed by atoms with Crippen LogP contribution in [0.5, 0.6) is 0 Å². The quantitative estimate of drug-likeness (QED) is 0.310. The minimum Gasteiger partial charge on any atom is -0.404 e. The third-order valence-electron chi connectivity index (χ3n) is 5.53. The van der Waals surface area contributed by atoms with Crippen molar-refractivity contribution in [1.82, 2.24) is 4.90 Å². The highest BCUT2D eigenvalue weighted by atomic mass is 16.6. The van der Waals surface area contributed by atoms with Gasteiger partial charge in [0, 0.05) is 17.1 Å². The molecule has 0 aromatic heterocycles. The van der Waals surface area contributed by atoms with Crippen LogP contribution in [0.1, 0.15) is 11.1 Å². The zero-order valence-electron chi connectivity index (χ0n) is 18.4. The average molecular weight is 447 g/mol. The third-order valence-corrected chi connectivity index (χ3v) is 5.53. The van der Waals surface area contributed by atoms with Crippen molar-refractivity contribution in [2.24, 2.45) is 0 Å². The molecule has 4 aromatic rings. The molecule has 1 heterocycles. The average Bonchev–Trinajstić information content (AvgIpc) is 3.14. The first-order valence-corrected chi connectivity index (χ1v) is 11.0. The minimum absolute atomic E-state index is 0.0247. The molecule has 5 heteroatoms. The molecule has 5 nitrogen and oxygen atoms in total. The normalized spacial score (nSPS) is 14.4. The van der Waals surface area contributed by atoms with Gasteiger partial charge >= 0.3 is 6.09 Å². The first-order chi connectivity index (χ1) is 16.7. The first kappa shape index (κ1) is 21.2. The van der Waals surface area contributed by atoms with Crippen LogP contribution >= 0.6 is 0 Å². The summed E-state index contributed by atoms with van der Waals surface area (Å²) in [5.41, 5.74) is 4.68. The number of amides is 2. The van der Waals surface area contributed by atoms with Crippen LogP contribution in [0.15, 0.2) is 121 Å². The van der Waals surface area contributed by atoms with Crippen molar-refractivity contribution in [3.8, 4) is 0 Å². The molecule has 1 aliphatic heterocycles. The maximum atomic E-state index is 12.8. The van der Waals surface area contributed by atoms with E-state index < -0.39 is 12.0 Å². The second kappa shape index (κ2) is 9.46. The molecule has 1 saturated heterocycles. The van der Waals surface area contributed by atoms with Gasteiger partial charge < -0.3 is 9.64 Å². The Morgan fingerprint density at radius 3 is 1.71 bits per heavy atom. The van der Waals surface area contributed by atoms with Crippen molar-refractivity contribution >= 4 is 35.1 Å². The van der Waals surface area contributed by atoms with E-state index in [1.807, 2.05) is 91.0 Å². The Balaban J connectivity index is 1.39. The van der Waals surface area contributed by atoms with E-state index in [0.29, 0.717) is 0 Å². The lowest BCUT2D eigenvalue weighted by atomic mass is 10.1. The topological polar surface area (TPSA) is 49.9 Å². The Morgan fingerprint density at radius 1 is 0.647 bits per heavy atom. The maximum Gasteiger partial charge on any atom is 0.422 e. The third kappa shape index (κ3) is 4.45. The monoisotopic (exact) mass is 446 g/mol. The van der Waals surface area contributed by atoms with Crippen LogP contribution < -0.4 is 4.90 Å². The van der Waals surface area contributed by atoms with E-state index in [0.717, 1.165) is 33.1 Å². The highest BCUT2D eigenvalue weighted by molar-refractivity contribution is 6.09. The predicted octanol–water partition coefficient (Wildman–Crippen LogP) is 6.68. The highest BCUT2D eigenvalue weighted by Gasteiger charge is 2.36. The molecule has 5 rings (SSSR count). The van der Waals surface area contributed by atoms with Crippen LogP contribution in [0.4, 0.5) is 21.9 Å². The van der Waals surface area contributed by atoms with Crippen LogP contribution in [0.25, 0.3) is 6.08 Å². The van der Waals surface area contributed by atoms with Gasteiger partial charge in [0.1, 0.15) is 0 Å². The van der Waals surface area contributed by atoms with Gasteiger partial charge in [0.25, 0.3) is 5.91 Å². The molecular weight excluding hydrogens is 424 g/mol. The van der Waals surface area contributed by atoms with Crippen molar-refractivity contribution in [2.75, 3.05) is 4.90 Å². The van der Waals surface area contributed by atoms with Crippen LogP contribution in [0.2, 0.25) is 0 Å². The van der Waals surface area contributed by atoms with E-state index in [2.05, 4.69) is 29.2 Å². The van der Waals surface area contributed by atoms with E-state index in [-0.39, 0.29) is 12.3 Å². The smallest absolute Gasteiger partial charge is 0.404 e. The summed E-state index contributed by atoms with van der Waals surface area (Å²) in [7, 11) is 0. The van der Waals surface area contributed by atoms with Gasteiger partial charge in [-0.15, -0.1) is 0 Å². The maximum absolute atomic E-state index is 12.8. The van der Waals surface area contributed by atoms with Gasteiger partial charge in [0.15, 0.2) is 5.76 Å². The number of nitrogens with zero attached hydrogens (tertiary/aromatic N) is 2. The van der Waals surface area contributed by atoms with Gasteiger partial charge in [0.2, 0.25) is 0 Å². The molecule has 0 aliphatic carbocycles. The summed E-state index contributed by atoms with van der Waals surface area (Å²) in [4.78, 5) is 28.3. The second-order valence-corrected chi connectivity index (χ2v) is 7.85. The molecular formula is C29H22N2O3. The SMILES string of the molecule is O=C1O/C(=C/c2ccc(N(c3ccccc3)c3ccccc3)cc2)C(=O)N1Cc1ccccc1. The molecule has 0 bridgehead atoms. The Morgan fingerprint density at radius 2 is 1.15 bits per heavy atom. The first-order valence-electron chi connectivity index (χ1n) is 11.0. The number of carbonyl (C=O) groups is 2. The largest absolute Gasteiger partial charge is 0.422 e. The van der Waals surface area contributed by atoms with E-state index in [1.165, 1.54) is 0 Å². The molecule has 2 amide bonds. The number of anilines is 3. The van der Waals surface area contributed by atoms with Crippen LogP contribution in [0, 0.1) is 0 Å². The summed E-state index contributed by atoms with van der Waals surface area (Å²) in [6.45, 7) is 0.178. The highest BCUT2D eigenvalue weighted by Crippen LogP contribution is 2.34. The number of cyclic esters (lactones) is 1. The van der Waals surface area contributed by atoms with E-state index >= 15 is 0 Å². The summed E-state index contributed by atoms with van der Waals surface area (Å²) < 4.78 is 5.27. The number of carbonyl (C=O) groups excluding carboxylic acids is 2. The summed E-state index contributed by atoms with van der Waals surface area (Å²) in [5, 5.41) is 0. The van der Waals surface area contributed by atoms with Crippen molar-refractivity contribution in [1.29, 1.82) is 0 Å². The predicted molar refractivity (Wildman–Crippen MR) is 133 cm³/mol. The lowest BCUT2D eigenvalue weighted by molar-refractivity contribution is -0.123. The molecule has 1 aliphatic rings. The second-order valence-electron chi connectivity index (χ2n) is 7.85. The molecule has 0 N–H and O–H groups in total. The van der Waals surface area contributed by atoms with Crippen LogP contribution in [-0.4, -0.2) is 16.9 Å². The molecule has 0 unspecified atom stereocenters. The van der Waals surface area contributed by atoms with Crippen molar-refractivity contribution in [2.45, 2.75) is 6.54 Å². The van der Waals surface area contributed by atoms with Crippen LogP contribution in [0.3, 0.4) is 0 Å². The lowest BCUT2D eigenvalue weighted by Crippen LogP contribution is -2.28. The molecule has 0 saturated carbocycles. The Labute approximate surface area is 198 Å². The molecule has 0 radical (unpaired) electrons. The van der Waals surface area contributed by atoms with Crippen molar-refractivity contribution in [3.63, 3.8) is 0 Å². The van der Waals surface area contributed by atoms with E-state index in [1.54, 1.807) is 6.08 Å². The number of hydrogen-bond donors (Lipinski definition) is 0. The number of imide groups is 1. The molecule has 0 atom stereocenters. The number of ether oxygens (including phenoxy) is 1. The van der Waals surface area contributed by atoms with Crippen molar-refractivity contribution < 1.29 is 14.3 Å². The van der Waals surface area contributed by atoms with Crippen LogP contribution in [-0.2, 0) is 16.1 Å². The number of benzene rings is 4. The Kier molecular flexibility index (Phi) is 5.91. The molecule has 1 fully saturated rings. The van der Waals surface area contributed by atoms with Crippen molar-refractivity contribution in [3.05, 3.63) is 132 Å². The minimum atomic E-state index is -0.656. The van der Waals surface area contributed by atoms with Gasteiger partial charge in [-0.05, 0) is 53.6 Å². The fourth-order valence-electron chi connectivity index (χ4n) is 3.87. The molecule has 0 spiro atoms. The Hall–Kier alpha value is -4.64. The number of rotatable bonds is 6. The van der Waals surface area contributed by atoms with Gasteiger partial charge in [-0.1, -0.05) is 78.9 Å².